The number of H-pyrrole nitrogens is 1. The van der Waals surface area contributed by atoms with Gasteiger partial charge in [-0.15, -0.1) is 5.10 Å². The fourth-order valence-electron chi connectivity index (χ4n) is 3.14. The maximum atomic E-state index is 14.7. The zero-order valence-corrected chi connectivity index (χ0v) is 16.2. The Bertz CT molecular complexity index is 1410. The van der Waals surface area contributed by atoms with Crippen LogP contribution in [-0.4, -0.2) is 40.7 Å². The van der Waals surface area contributed by atoms with Gasteiger partial charge < -0.3 is 5.32 Å². The van der Waals surface area contributed by atoms with Crippen LogP contribution in [0.4, 0.5) is 10.1 Å². The van der Waals surface area contributed by atoms with Gasteiger partial charge in [-0.2, -0.15) is 5.10 Å². The van der Waals surface area contributed by atoms with Crippen molar-refractivity contribution in [2.45, 2.75) is 6.92 Å². The van der Waals surface area contributed by atoms with E-state index in [-0.39, 0.29) is 11.4 Å². The number of nitrogens with one attached hydrogen (secondary N) is 2. The van der Waals surface area contributed by atoms with E-state index in [2.05, 4.69) is 35.6 Å². The first-order valence-corrected chi connectivity index (χ1v) is 9.33. The number of rotatable bonds is 4. The molecule has 1 aromatic carbocycles. The average molecular weight is 414 g/mol. The third-order valence-corrected chi connectivity index (χ3v) is 4.60. The first kappa shape index (κ1) is 18.6. The van der Waals surface area contributed by atoms with E-state index in [0.29, 0.717) is 28.4 Å². The van der Waals surface area contributed by atoms with Gasteiger partial charge in [-0.25, -0.2) is 18.9 Å². The van der Waals surface area contributed by atoms with Crippen LogP contribution in [0.25, 0.3) is 28.3 Å². The summed E-state index contributed by atoms with van der Waals surface area (Å²) in [6.45, 7) is 1.79. The van der Waals surface area contributed by atoms with Crippen LogP contribution in [0.2, 0.25) is 0 Å². The molecular formula is C21H15FN8O. The normalized spacial score (nSPS) is 11.0. The highest BCUT2D eigenvalue weighted by Crippen LogP contribution is 2.23. The molecule has 5 rings (SSSR count). The SMILES string of the molecule is Cc1cncc(-c2cn[nH]c2C(=O)Nc2cc3nc(-c4ccccc4)nn3cc2F)n1. The van der Waals surface area contributed by atoms with Gasteiger partial charge in [0.1, 0.15) is 5.69 Å². The molecule has 0 unspecified atom stereocenters. The van der Waals surface area contributed by atoms with Crippen molar-refractivity contribution in [3.05, 3.63) is 78.4 Å². The van der Waals surface area contributed by atoms with Gasteiger partial charge in [-0.1, -0.05) is 30.3 Å². The number of fused-ring (bicyclic) bond motifs is 1. The monoisotopic (exact) mass is 414 g/mol. The summed E-state index contributed by atoms with van der Waals surface area (Å²) in [6, 6.07) is 10.8. The van der Waals surface area contributed by atoms with Gasteiger partial charge in [0.25, 0.3) is 5.91 Å². The van der Waals surface area contributed by atoms with Crippen LogP contribution in [0.1, 0.15) is 16.2 Å². The Morgan fingerprint density at radius 3 is 2.77 bits per heavy atom. The molecule has 0 atom stereocenters. The first-order chi connectivity index (χ1) is 15.1. The Morgan fingerprint density at radius 1 is 1.13 bits per heavy atom. The molecule has 4 aromatic heterocycles. The highest BCUT2D eigenvalue weighted by Gasteiger charge is 2.19. The second-order valence-electron chi connectivity index (χ2n) is 6.80. The van der Waals surface area contributed by atoms with Crippen molar-refractivity contribution in [1.82, 2.24) is 34.8 Å². The van der Waals surface area contributed by atoms with Crippen molar-refractivity contribution in [2.75, 3.05) is 5.32 Å². The molecule has 0 saturated carbocycles. The molecule has 0 aliphatic rings. The first-order valence-electron chi connectivity index (χ1n) is 9.33. The Hall–Kier alpha value is -4.47. The van der Waals surface area contributed by atoms with Gasteiger partial charge in [-0.05, 0) is 6.92 Å². The van der Waals surface area contributed by atoms with Crippen LogP contribution >= 0.6 is 0 Å². The number of halogens is 1. The predicted molar refractivity (Wildman–Crippen MR) is 111 cm³/mol. The van der Waals surface area contributed by atoms with Crippen LogP contribution < -0.4 is 5.32 Å². The van der Waals surface area contributed by atoms with Crippen molar-refractivity contribution in [2.24, 2.45) is 0 Å². The van der Waals surface area contributed by atoms with Gasteiger partial charge in [0.2, 0.25) is 0 Å². The molecule has 0 saturated heterocycles. The fraction of sp³-hybridized carbons (Fsp3) is 0.0476. The molecule has 2 N–H and O–H groups in total. The van der Waals surface area contributed by atoms with E-state index in [0.717, 1.165) is 5.56 Å². The number of carbonyl (C=O) groups excluding carboxylic acids is 1. The predicted octanol–water partition coefficient (Wildman–Crippen LogP) is 3.28. The zero-order chi connectivity index (χ0) is 21.4. The lowest BCUT2D eigenvalue weighted by Gasteiger charge is -2.07. The number of hydrogen-bond donors (Lipinski definition) is 2. The molecule has 0 bridgehead atoms. The molecule has 152 valence electrons. The van der Waals surface area contributed by atoms with Crippen LogP contribution in [0.15, 0.2) is 61.2 Å². The number of anilines is 1. The minimum Gasteiger partial charge on any atom is -0.318 e. The second-order valence-corrected chi connectivity index (χ2v) is 6.80. The minimum atomic E-state index is -0.651. The number of nitrogens with zero attached hydrogens (tertiary/aromatic N) is 6. The molecule has 0 fully saturated rings. The van der Waals surface area contributed by atoms with Crippen molar-refractivity contribution >= 4 is 17.2 Å². The van der Waals surface area contributed by atoms with Crippen molar-refractivity contribution in [1.29, 1.82) is 0 Å². The van der Waals surface area contributed by atoms with E-state index < -0.39 is 11.7 Å². The largest absolute Gasteiger partial charge is 0.318 e. The molecule has 5 aromatic rings. The molecular weight excluding hydrogens is 399 g/mol. The quantitative estimate of drug-likeness (QED) is 0.467. The highest BCUT2D eigenvalue weighted by molar-refractivity contribution is 6.07. The van der Waals surface area contributed by atoms with Crippen LogP contribution in [0.3, 0.4) is 0 Å². The van der Waals surface area contributed by atoms with E-state index in [1.54, 1.807) is 13.1 Å². The number of benzene rings is 1. The summed E-state index contributed by atoms with van der Waals surface area (Å²) in [5, 5.41) is 13.4. The topological polar surface area (TPSA) is 114 Å². The minimum absolute atomic E-state index is 0.0274. The standard InChI is InChI=1S/C21H15FN8O/c1-12-8-23-10-17(25-12)14-9-24-28-19(14)21(31)26-16-7-18-27-20(13-5-3-2-4-6-13)29-30(18)11-15(16)22/h2-11H,1H3,(H,24,28)(H,26,31). The van der Waals surface area contributed by atoms with E-state index in [4.69, 9.17) is 0 Å². The third-order valence-electron chi connectivity index (χ3n) is 4.60. The molecule has 4 heterocycles. The van der Waals surface area contributed by atoms with Gasteiger partial charge in [-0.3, -0.25) is 14.9 Å². The maximum absolute atomic E-state index is 14.7. The summed E-state index contributed by atoms with van der Waals surface area (Å²) < 4.78 is 16.0. The molecule has 31 heavy (non-hydrogen) atoms. The summed E-state index contributed by atoms with van der Waals surface area (Å²) in [5.41, 5.74) is 2.96. The van der Waals surface area contributed by atoms with Crippen LogP contribution in [-0.2, 0) is 0 Å². The lowest BCUT2D eigenvalue weighted by atomic mass is 10.1. The number of aromatic amines is 1. The second kappa shape index (κ2) is 7.41. The molecule has 10 heteroatoms. The smallest absolute Gasteiger partial charge is 0.274 e. The summed E-state index contributed by atoms with van der Waals surface area (Å²) in [6.07, 6.45) is 5.78. The van der Waals surface area contributed by atoms with Gasteiger partial charge >= 0.3 is 0 Å². The summed E-state index contributed by atoms with van der Waals surface area (Å²) in [4.78, 5) is 25.7. The molecule has 0 aliphatic carbocycles. The Morgan fingerprint density at radius 2 is 1.97 bits per heavy atom. The molecule has 0 radical (unpaired) electrons. The van der Waals surface area contributed by atoms with Gasteiger partial charge in [0.15, 0.2) is 17.3 Å². The van der Waals surface area contributed by atoms with Crippen LogP contribution in [0.5, 0.6) is 0 Å². The Labute approximate surface area is 175 Å². The van der Waals surface area contributed by atoms with Gasteiger partial charge in [0, 0.05) is 17.8 Å². The lowest BCUT2D eigenvalue weighted by Crippen LogP contribution is -2.15. The fourth-order valence-corrected chi connectivity index (χ4v) is 3.14. The molecule has 9 nitrogen and oxygen atoms in total. The number of amides is 1. The van der Waals surface area contributed by atoms with E-state index in [1.165, 1.54) is 29.2 Å². The van der Waals surface area contributed by atoms with Crippen molar-refractivity contribution in [3.8, 4) is 22.6 Å². The molecule has 1 amide bonds. The van der Waals surface area contributed by atoms with E-state index >= 15 is 0 Å². The molecule has 0 spiro atoms. The zero-order valence-electron chi connectivity index (χ0n) is 16.2. The number of aryl methyl sites for hydroxylation is 1. The number of pyridine rings is 1. The summed E-state index contributed by atoms with van der Waals surface area (Å²) in [5.74, 6) is -0.763. The Balaban J connectivity index is 1.46. The number of hydrogen-bond acceptors (Lipinski definition) is 6. The van der Waals surface area contributed by atoms with Crippen molar-refractivity contribution in [3.63, 3.8) is 0 Å². The third kappa shape index (κ3) is 3.50. The summed E-state index contributed by atoms with van der Waals surface area (Å²) in [7, 11) is 0. The highest BCUT2D eigenvalue weighted by atomic mass is 19.1. The van der Waals surface area contributed by atoms with Gasteiger partial charge in [0.05, 0.1) is 41.2 Å². The Kier molecular flexibility index (Phi) is 4.43. The van der Waals surface area contributed by atoms with E-state index in [9.17, 15) is 9.18 Å². The lowest BCUT2D eigenvalue weighted by molar-refractivity contribution is 0.102. The summed E-state index contributed by atoms with van der Waals surface area (Å²) >= 11 is 0. The molecule has 0 aliphatic heterocycles. The average Bonchev–Trinajstić information content (AvgIpc) is 3.42. The van der Waals surface area contributed by atoms with Crippen molar-refractivity contribution < 1.29 is 9.18 Å². The number of carbonyl (C=O) groups is 1. The number of aromatic nitrogens is 7. The van der Waals surface area contributed by atoms with Crippen LogP contribution in [0, 0.1) is 12.7 Å². The van der Waals surface area contributed by atoms with E-state index in [1.807, 2.05) is 30.3 Å². The maximum Gasteiger partial charge on any atom is 0.274 e.